The summed E-state index contributed by atoms with van der Waals surface area (Å²) in [5.41, 5.74) is 6.94. The first-order valence-electron chi connectivity index (χ1n) is 9.78. The SMILES string of the molecule is C=Cc1nc(C(N)=O)cn1N=C.CCc1cc2cccc(Cl)c2c(=O)n1-c1ccccc1. The molecule has 32 heavy (non-hydrogen) atoms. The molecule has 7 nitrogen and oxygen atoms in total. The number of hydrogen-bond donors (Lipinski definition) is 1. The smallest absolute Gasteiger partial charge is 0.268 e. The van der Waals surface area contributed by atoms with E-state index in [9.17, 15) is 9.59 Å². The van der Waals surface area contributed by atoms with Crippen LogP contribution in [-0.4, -0.2) is 26.9 Å². The highest BCUT2D eigenvalue weighted by molar-refractivity contribution is 6.35. The molecule has 2 heterocycles. The second-order valence-corrected chi connectivity index (χ2v) is 7.12. The van der Waals surface area contributed by atoms with E-state index in [1.54, 1.807) is 10.6 Å². The van der Waals surface area contributed by atoms with Gasteiger partial charge in [-0.2, -0.15) is 5.10 Å². The minimum atomic E-state index is -0.597. The average Bonchev–Trinajstić information content (AvgIpc) is 3.24. The van der Waals surface area contributed by atoms with Crippen molar-refractivity contribution in [3.05, 3.63) is 100.0 Å². The molecule has 0 saturated heterocycles. The molecule has 1 amide bonds. The molecule has 2 N–H and O–H groups in total. The first-order chi connectivity index (χ1) is 15.4. The second kappa shape index (κ2) is 9.89. The molecule has 8 heteroatoms. The minimum Gasteiger partial charge on any atom is -0.364 e. The summed E-state index contributed by atoms with van der Waals surface area (Å²) in [6, 6.07) is 17.3. The zero-order valence-corrected chi connectivity index (χ0v) is 18.3. The number of nitrogens with two attached hydrogens (primary N) is 1. The number of hydrogen-bond acceptors (Lipinski definition) is 4. The molecular weight excluding hydrogens is 426 g/mol. The molecule has 0 aliphatic carbocycles. The first kappa shape index (κ1) is 22.7. The van der Waals surface area contributed by atoms with Crippen molar-refractivity contribution in [2.45, 2.75) is 13.3 Å². The normalized spacial score (nSPS) is 10.3. The number of carbonyl (C=O) groups excluding carboxylic acids is 1. The van der Waals surface area contributed by atoms with E-state index >= 15 is 0 Å². The average molecular weight is 448 g/mol. The number of para-hydroxylation sites is 1. The van der Waals surface area contributed by atoms with Crippen molar-refractivity contribution in [2.24, 2.45) is 10.8 Å². The summed E-state index contributed by atoms with van der Waals surface area (Å²) < 4.78 is 3.07. The quantitative estimate of drug-likeness (QED) is 0.462. The van der Waals surface area contributed by atoms with Gasteiger partial charge in [-0.3, -0.25) is 14.2 Å². The molecule has 4 aromatic rings. The number of imidazole rings is 1. The van der Waals surface area contributed by atoms with Crippen LogP contribution in [0.3, 0.4) is 0 Å². The molecule has 0 aliphatic rings. The Kier molecular flexibility index (Phi) is 7.02. The fourth-order valence-corrected chi connectivity index (χ4v) is 3.51. The van der Waals surface area contributed by atoms with Gasteiger partial charge in [0, 0.05) is 18.1 Å². The highest BCUT2D eigenvalue weighted by Crippen LogP contribution is 2.22. The number of carbonyl (C=O) groups is 1. The van der Waals surface area contributed by atoms with Gasteiger partial charge in [0.1, 0.15) is 5.69 Å². The summed E-state index contributed by atoms with van der Waals surface area (Å²) in [6.45, 7) is 8.82. The predicted octanol–water partition coefficient (Wildman–Crippen LogP) is 4.30. The number of amides is 1. The molecule has 0 bridgehead atoms. The van der Waals surface area contributed by atoms with Gasteiger partial charge in [-0.1, -0.05) is 55.4 Å². The zero-order chi connectivity index (χ0) is 23.3. The van der Waals surface area contributed by atoms with Crippen LogP contribution in [0.1, 0.15) is 28.9 Å². The van der Waals surface area contributed by atoms with Crippen LogP contribution in [0.2, 0.25) is 5.02 Å². The third kappa shape index (κ3) is 4.53. The number of aromatic nitrogens is 3. The number of fused-ring (bicyclic) bond motifs is 1. The standard InChI is InChI=1S/C17H14ClNO.C7H8N4O/c1-2-13-11-12-7-6-10-15(18)16(12)17(20)19(13)14-8-4-3-5-9-14;1-3-6-10-5(7(8)12)4-11(6)9-2/h3-11H,2H2,1H3;3-4H,1-2H2,(H2,8,12). The number of halogens is 1. The van der Waals surface area contributed by atoms with Crippen LogP contribution in [0.4, 0.5) is 0 Å². The van der Waals surface area contributed by atoms with Gasteiger partial charge in [0.2, 0.25) is 0 Å². The maximum Gasteiger partial charge on any atom is 0.268 e. The van der Waals surface area contributed by atoms with Crippen LogP contribution >= 0.6 is 11.6 Å². The van der Waals surface area contributed by atoms with E-state index in [4.69, 9.17) is 17.3 Å². The van der Waals surface area contributed by atoms with Gasteiger partial charge >= 0.3 is 0 Å². The summed E-state index contributed by atoms with van der Waals surface area (Å²) in [4.78, 5) is 27.3. The summed E-state index contributed by atoms with van der Waals surface area (Å²) in [5, 5.41) is 5.54. The summed E-state index contributed by atoms with van der Waals surface area (Å²) in [6.07, 6.45) is 3.64. The van der Waals surface area contributed by atoms with E-state index in [-0.39, 0.29) is 11.3 Å². The van der Waals surface area contributed by atoms with Crippen molar-refractivity contribution < 1.29 is 4.79 Å². The van der Waals surface area contributed by atoms with Gasteiger partial charge in [0.15, 0.2) is 5.82 Å². The Morgan fingerprint density at radius 1 is 1.22 bits per heavy atom. The zero-order valence-electron chi connectivity index (χ0n) is 17.5. The van der Waals surface area contributed by atoms with Crippen LogP contribution in [0.5, 0.6) is 0 Å². The first-order valence-corrected chi connectivity index (χ1v) is 10.2. The topological polar surface area (TPSA) is 95.3 Å². The minimum absolute atomic E-state index is 0.0591. The molecule has 2 aromatic heterocycles. The van der Waals surface area contributed by atoms with Gasteiger partial charge in [-0.05, 0) is 42.1 Å². The van der Waals surface area contributed by atoms with Crippen LogP contribution in [-0.2, 0) is 6.42 Å². The highest BCUT2D eigenvalue weighted by Gasteiger charge is 2.12. The Morgan fingerprint density at radius 3 is 2.50 bits per heavy atom. The highest BCUT2D eigenvalue weighted by atomic mass is 35.5. The fraction of sp³-hybridized carbons (Fsp3) is 0.0833. The molecule has 0 spiro atoms. The van der Waals surface area contributed by atoms with Crippen LogP contribution in [0.25, 0.3) is 22.5 Å². The lowest BCUT2D eigenvalue weighted by molar-refractivity contribution is 0.0996. The van der Waals surface area contributed by atoms with Gasteiger partial charge < -0.3 is 5.73 Å². The van der Waals surface area contributed by atoms with Gasteiger partial charge in [0.25, 0.3) is 11.5 Å². The Morgan fingerprint density at radius 2 is 1.94 bits per heavy atom. The van der Waals surface area contributed by atoms with E-state index in [1.165, 1.54) is 16.9 Å². The van der Waals surface area contributed by atoms with Crippen molar-refractivity contribution in [2.75, 3.05) is 0 Å². The molecule has 0 radical (unpaired) electrons. The molecule has 4 rings (SSSR count). The van der Waals surface area contributed by atoms with Gasteiger partial charge in [-0.25, -0.2) is 9.66 Å². The third-order valence-electron chi connectivity index (χ3n) is 4.75. The van der Waals surface area contributed by atoms with Crippen molar-refractivity contribution in [3.8, 4) is 5.69 Å². The molecule has 0 aliphatic heterocycles. The van der Waals surface area contributed by atoms with E-state index in [0.717, 1.165) is 23.2 Å². The van der Waals surface area contributed by atoms with E-state index in [2.05, 4.69) is 23.4 Å². The Balaban J connectivity index is 0.000000207. The number of aryl methyl sites for hydroxylation is 1. The maximum absolute atomic E-state index is 12.8. The third-order valence-corrected chi connectivity index (χ3v) is 5.07. The Bertz CT molecular complexity index is 1330. The van der Waals surface area contributed by atoms with Crippen molar-refractivity contribution in [1.29, 1.82) is 0 Å². The number of rotatable bonds is 5. The van der Waals surface area contributed by atoms with Crippen LogP contribution < -0.4 is 11.3 Å². The molecule has 0 saturated carbocycles. The second-order valence-electron chi connectivity index (χ2n) is 6.71. The lowest BCUT2D eigenvalue weighted by Crippen LogP contribution is -2.22. The van der Waals surface area contributed by atoms with Gasteiger partial charge in [-0.15, -0.1) is 0 Å². The summed E-state index contributed by atoms with van der Waals surface area (Å²) >= 11 is 6.20. The number of pyridine rings is 1. The van der Waals surface area contributed by atoms with Crippen molar-refractivity contribution in [3.63, 3.8) is 0 Å². The number of benzene rings is 2. The molecule has 2 aromatic carbocycles. The number of nitrogens with zero attached hydrogens (tertiary/aromatic N) is 4. The lowest BCUT2D eigenvalue weighted by Gasteiger charge is -2.14. The molecular formula is C24H22ClN5O2. The molecule has 162 valence electrons. The van der Waals surface area contributed by atoms with Crippen molar-refractivity contribution >= 4 is 41.1 Å². The monoisotopic (exact) mass is 447 g/mol. The van der Waals surface area contributed by atoms with E-state index in [0.29, 0.717) is 16.2 Å². The molecule has 0 fully saturated rings. The predicted molar refractivity (Wildman–Crippen MR) is 130 cm³/mol. The van der Waals surface area contributed by atoms with Crippen LogP contribution in [0, 0.1) is 0 Å². The van der Waals surface area contributed by atoms with E-state index in [1.807, 2.05) is 55.5 Å². The Labute approximate surface area is 190 Å². The lowest BCUT2D eigenvalue weighted by atomic mass is 10.1. The van der Waals surface area contributed by atoms with Gasteiger partial charge in [0.05, 0.1) is 16.6 Å². The Hall–Kier alpha value is -3.97. The van der Waals surface area contributed by atoms with E-state index < -0.39 is 5.91 Å². The summed E-state index contributed by atoms with van der Waals surface area (Å²) in [7, 11) is 0. The fourth-order valence-electron chi connectivity index (χ4n) is 3.25. The molecule has 0 atom stereocenters. The largest absolute Gasteiger partial charge is 0.364 e. The molecule has 0 unspecified atom stereocenters. The van der Waals surface area contributed by atoms with Crippen LogP contribution in [0.15, 0.2) is 77.3 Å². The van der Waals surface area contributed by atoms with Crippen molar-refractivity contribution in [1.82, 2.24) is 14.2 Å². The maximum atomic E-state index is 12.8. The summed E-state index contributed by atoms with van der Waals surface area (Å²) in [5.74, 6) is -0.153. The number of primary amides is 1.